The number of fused-ring (bicyclic) bond motifs is 1. The fraction of sp³-hybridized carbons (Fsp3) is 0.375. The molecule has 0 aromatic carbocycles. The minimum absolute atomic E-state index is 0.248. The van der Waals surface area contributed by atoms with Gasteiger partial charge in [-0.3, -0.25) is 9.08 Å². The molecule has 0 aliphatic rings. The summed E-state index contributed by atoms with van der Waals surface area (Å²) in [6.45, 7) is 7.77. The third-order valence-corrected chi connectivity index (χ3v) is 5.29. The van der Waals surface area contributed by atoms with Gasteiger partial charge in [-0.15, -0.1) is 0 Å². The van der Waals surface area contributed by atoms with E-state index in [-0.39, 0.29) is 5.03 Å². The second-order valence-electron chi connectivity index (χ2n) is 6.11. The lowest BCUT2D eigenvalue weighted by molar-refractivity contribution is 0.581. The fourth-order valence-corrected chi connectivity index (χ4v) is 4.43. The van der Waals surface area contributed by atoms with E-state index in [0.29, 0.717) is 11.3 Å². The number of hydrogen-bond donors (Lipinski definition) is 0. The summed E-state index contributed by atoms with van der Waals surface area (Å²) in [7, 11) is -1.69. The van der Waals surface area contributed by atoms with Crippen LogP contribution in [-0.2, 0) is 16.9 Å². The smallest absolute Gasteiger partial charge is 0.192 e. The first kappa shape index (κ1) is 15.7. The Morgan fingerprint density at radius 2 is 1.74 bits per heavy atom. The van der Waals surface area contributed by atoms with Crippen LogP contribution in [0.3, 0.4) is 0 Å². The Balaban J connectivity index is 2.43. The molecule has 0 saturated heterocycles. The molecule has 3 rings (SSSR count). The van der Waals surface area contributed by atoms with Gasteiger partial charge in [-0.2, -0.15) is 5.10 Å². The van der Waals surface area contributed by atoms with E-state index in [1.807, 2.05) is 31.4 Å². The molecule has 0 unspecified atom stereocenters. The van der Waals surface area contributed by atoms with Crippen LogP contribution < -0.4 is 0 Å². The summed E-state index contributed by atoms with van der Waals surface area (Å²) in [6, 6.07) is 2.06. The molecule has 0 aliphatic heterocycles. The van der Waals surface area contributed by atoms with Crippen LogP contribution in [0.1, 0.15) is 22.4 Å². The number of nitrogens with zero attached hydrogens (tertiary/aromatic N) is 4. The van der Waals surface area contributed by atoms with Crippen LogP contribution in [0.2, 0.25) is 0 Å². The van der Waals surface area contributed by atoms with Gasteiger partial charge in [0.1, 0.15) is 11.3 Å². The van der Waals surface area contributed by atoms with Gasteiger partial charge >= 0.3 is 0 Å². The Morgan fingerprint density at radius 1 is 1.09 bits per heavy atom. The first-order chi connectivity index (χ1) is 10.6. The molecule has 0 radical (unpaired) electrons. The molecule has 0 spiro atoms. The zero-order chi connectivity index (χ0) is 17.1. The van der Waals surface area contributed by atoms with E-state index in [4.69, 9.17) is 0 Å². The third kappa shape index (κ3) is 2.35. The molecule has 0 bridgehead atoms. The average molecular weight is 332 g/mol. The predicted octanol–water partition coefficient (Wildman–Crippen LogP) is 2.37. The van der Waals surface area contributed by atoms with Crippen LogP contribution >= 0.6 is 0 Å². The summed E-state index contributed by atoms with van der Waals surface area (Å²) >= 11 is 0. The van der Waals surface area contributed by atoms with Gasteiger partial charge in [0.25, 0.3) is 0 Å². The standard InChI is InChI=1S/C16H20N4O2S/c1-9-7-10(2)15-17-11(3)8-20(15)14(9)13-12(4)16(19(5)18-13)23(6,21)22/h7-8H,1-6H3. The molecule has 3 heterocycles. The number of sulfone groups is 1. The summed E-state index contributed by atoms with van der Waals surface area (Å²) in [5.41, 5.74) is 6.12. The van der Waals surface area contributed by atoms with Crippen molar-refractivity contribution in [3.05, 3.63) is 34.6 Å². The Bertz CT molecular complexity index is 1040. The summed E-state index contributed by atoms with van der Waals surface area (Å²) in [5.74, 6) is 0. The van der Waals surface area contributed by atoms with E-state index in [1.165, 1.54) is 10.9 Å². The van der Waals surface area contributed by atoms with Crippen molar-refractivity contribution in [2.75, 3.05) is 6.26 Å². The van der Waals surface area contributed by atoms with E-state index >= 15 is 0 Å². The van der Waals surface area contributed by atoms with Gasteiger partial charge in [-0.25, -0.2) is 13.4 Å². The molecule has 3 aromatic heterocycles. The molecule has 0 amide bonds. The summed E-state index contributed by atoms with van der Waals surface area (Å²) in [4.78, 5) is 4.56. The van der Waals surface area contributed by atoms with Crippen molar-refractivity contribution in [2.45, 2.75) is 32.7 Å². The highest BCUT2D eigenvalue weighted by molar-refractivity contribution is 7.90. The average Bonchev–Trinajstić information content (AvgIpc) is 2.90. The Labute approximate surface area is 135 Å². The fourth-order valence-electron chi connectivity index (χ4n) is 3.25. The number of rotatable bonds is 2. The Morgan fingerprint density at radius 3 is 2.30 bits per heavy atom. The van der Waals surface area contributed by atoms with Crippen molar-refractivity contribution < 1.29 is 8.42 Å². The van der Waals surface area contributed by atoms with Crippen LogP contribution in [-0.4, -0.2) is 33.8 Å². The van der Waals surface area contributed by atoms with Gasteiger partial charge < -0.3 is 0 Å². The van der Waals surface area contributed by atoms with Crippen molar-refractivity contribution in [3.8, 4) is 11.4 Å². The highest BCUT2D eigenvalue weighted by atomic mass is 32.2. The zero-order valence-corrected chi connectivity index (χ0v) is 15.0. The topological polar surface area (TPSA) is 69.3 Å². The van der Waals surface area contributed by atoms with Crippen LogP contribution in [0.25, 0.3) is 17.0 Å². The summed E-state index contributed by atoms with van der Waals surface area (Å²) in [5, 5.41) is 4.73. The maximum Gasteiger partial charge on any atom is 0.192 e. The number of pyridine rings is 1. The van der Waals surface area contributed by atoms with Gasteiger partial charge in [-0.1, -0.05) is 6.07 Å². The largest absolute Gasteiger partial charge is 0.297 e. The second-order valence-corrected chi connectivity index (χ2v) is 8.04. The summed E-state index contributed by atoms with van der Waals surface area (Å²) < 4.78 is 27.5. The molecule has 0 atom stereocenters. The van der Waals surface area contributed by atoms with E-state index in [0.717, 1.165) is 28.2 Å². The third-order valence-electron chi connectivity index (χ3n) is 4.02. The molecular formula is C16H20N4O2S. The van der Waals surface area contributed by atoms with Crippen LogP contribution in [0, 0.1) is 27.7 Å². The van der Waals surface area contributed by atoms with E-state index in [2.05, 4.69) is 16.1 Å². The van der Waals surface area contributed by atoms with Gasteiger partial charge in [0.05, 0.1) is 11.4 Å². The minimum atomic E-state index is -3.34. The normalized spacial score (nSPS) is 12.3. The molecule has 122 valence electrons. The molecule has 0 fully saturated rings. The van der Waals surface area contributed by atoms with Crippen molar-refractivity contribution in [1.82, 2.24) is 19.2 Å². The minimum Gasteiger partial charge on any atom is -0.297 e. The first-order valence-electron chi connectivity index (χ1n) is 7.31. The number of imidazole rings is 1. The predicted molar refractivity (Wildman–Crippen MR) is 89.5 cm³/mol. The maximum atomic E-state index is 12.0. The second kappa shape index (κ2) is 4.92. The molecule has 6 nitrogen and oxygen atoms in total. The molecule has 23 heavy (non-hydrogen) atoms. The monoisotopic (exact) mass is 332 g/mol. The van der Waals surface area contributed by atoms with Crippen molar-refractivity contribution in [3.63, 3.8) is 0 Å². The number of hydrogen-bond acceptors (Lipinski definition) is 4. The molecule has 0 aliphatic carbocycles. The molecule has 0 saturated carbocycles. The first-order valence-corrected chi connectivity index (χ1v) is 9.20. The van der Waals surface area contributed by atoms with Crippen LogP contribution in [0.4, 0.5) is 0 Å². The highest BCUT2D eigenvalue weighted by Gasteiger charge is 2.24. The van der Waals surface area contributed by atoms with Gasteiger partial charge in [-0.05, 0) is 38.8 Å². The van der Waals surface area contributed by atoms with Crippen molar-refractivity contribution >= 4 is 15.5 Å². The lowest BCUT2D eigenvalue weighted by atomic mass is 10.1. The number of aromatic nitrogens is 4. The lowest BCUT2D eigenvalue weighted by Gasteiger charge is -2.10. The van der Waals surface area contributed by atoms with Gasteiger partial charge in [0, 0.05) is 25.1 Å². The van der Waals surface area contributed by atoms with Gasteiger partial charge in [0.2, 0.25) is 0 Å². The molecule has 7 heteroatoms. The molecular weight excluding hydrogens is 312 g/mol. The summed E-state index contributed by atoms with van der Waals surface area (Å²) in [6.07, 6.45) is 3.17. The van der Waals surface area contributed by atoms with Crippen molar-refractivity contribution in [1.29, 1.82) is 0 Å². The van der Waals surface area contributed by atoms with Crippen LogP contribution in [0.5, 0.6) is 0 Å². The SMILES string of the molecule is Cc1cn2c(-c3nn(C)c(S(C)(=O)=O)c3C)c(C)cc(C)c2n1. The highest BCUT2D eigenvalue weighted by Crippen LogP contribution is 2.31. The maximum absolute atomic E-state index is 12.0. The molecule has 3 aromatic rings. The van der Waals surface area contributed by atoms with E-state index in [9.17, 15) is 8.42 Å². The molecule has 0 N–H and O–H groups in total. The zero-order valence-electron chi connectivity index (χ0n) is 14.2. The Kier molecular flexibility index (Phi) is 3.37. The number of aryl methyl sites for hydroxylation is 4. The Hall–Kier alpha value is -2.15. The van der Waals surface area contributed by atoms with E-state index in [1.54, 1.807) is 14.0 Å². The van der Waals surface area contributed by atoms with E-state index < -0.39 is 9.84 Å². The lowest BCUT2D eigenvalue weighted by Crippen LogP contribution is -2.06. The quantitative estimate of drug-likeness (QED) is 0.722. The van der Waals surface area contributed by atoms with Crippen LogP contribution in [0.15, 0.2) is 17.3 Å². The van der Waals surface area contributed by atoms with Crippen molar-refractivity contribution in [2.24, 2.45) is 7.05 Å². The van der Waals surface area contributed by atoms with Gasteiger partial charge in [0.15, 0.2) is 14.9 Å².